The van der Waals surface area contributed by atoms with Gasteiger partial charge in [-0.2, -0.15) is 0 Å². The van der Waals surface area contributed by atoms with Crippen molar-refractivity contribution >= 4 is 5.71 Å². The smallest absolute Gasteiger partial charge is 0.0449 e. The number of hydrogen-bond donors (Lipinski definition) is 0. The first-order chi connectivity index (χ1) is 7.93. The van der Waals surface area contributed by atoms with Crippen LogP contribution in [0.4, 0.5) is 0 Å². The second-order valence-electron chi connectivity index (χ2n) is 5.27. The number of rotatable bonds is 3. The van der Waals surface area contributed by atoms with Gasteiger partial charge in [-0.1, -0.05) is 12.2 Å². The lowest BCUT2D eigenvalue weighted by molar-refractivity contribution is 0.676. The summed E-state index contributed by atoms with van der Waals surface area (Å²) in [5.41, 5.74) is 7.68. The van der Waals surface area contributed by atoms with Gasteiger partial charge in [0.2, 0.25) is 0 Å². The highest BCUT2D eigenvalue weighted by atomic mass is 14.7. The van der Waals surface area contributed by atoms with Crippen LogP contribution in [0.15, 0.2) is 39.6 Å². The van der Waals surface area contributed by atoms with Gasteiger partial charge in [-0.25, -0.2) is 0 Å². The van der Waals surface area contributed by atoms with Crippen LogP contribution in [0.2, 0.25) is 0 Å². The summed E-state index contributed by atoms with van der Waals surface area (Å²) in [5.74, 6) is 0. The zero-order valence-electron chi connectivity index (χ0n) is 12.0. The summed E-state index contributed by atoms with van der Waals surface area (Å²) in [6, 6.07) is 0. The highest BCUT2D eigenvalue weighted by Crippen LogP contribution is 2.34. The zero-order valence-corrected chi connectivity index (χ0v) is 12.0. The second kappa shape index (κ2) is 6.00. The molecule has 0 saturated carbocycles. The van der Waals surface area contributed by atoms with E-state index in [0.29, 0.717) is 0 Å². The molecule has 94 valence electrons. The Bertz CT molecular complexity index is 401. The molecule has 0 atom stereocenters. The van der Waals surface area contributed by atoms with Gasteiger partial charge in [0, 0.05) is 17.0 Å². The van der Waals surface area contributed by atoms with Gasteiger partial charge in [-0.05, 0) is 71.4 Å². The van der Waals surface area contributed by atoms with E-state index < -0.39 is 0 Å². The van der Waals surface area contributed by atoms with Gasteiger partial charge >= 0.3 is 0 Å². The third-order valence-electron chi connectivity index (χ3n) is 3.23. The van der Waals surface area contributed by atoms with Crippen LogP contribution in [-0.4, -0.2) is 5.71 Å². The average Bonchev–Trinajstić information content (AvgIpc) is 2.19. The summed E-state index contributed by atoms with van der Waals surface area (Å²) in [7, 11) is 0. The molecule has 1 aliphatic carbocycles. The Morgan fingerprint density at radius 1 is 1.06 bits per heavy atom. The van der Waals surface area contributed by atoms with Crippen LogP contribution in [0.5, 0.6) is 0 Å². The molecule has 0 aliphatic heterocycles. The topological polar surface area (TPSA) is 12.4 Å². The van der Waals surface area contributed by atoms with Crippen molar-refractivity contribution in [2.75, 3.05) is 0 Å². The Morgan fingerprint density at radius 3 is 2.12 bits per heavy atom. The van der Waals surface area contributed by atoms with Gasteiger partial charge in [-0.15, -0.1) is 0 Å². The molecule has 1 rings (SSSR count). The standard InChI is InChI=1S/C16H25N/c1-11(2)16(14(6)17-12(3)4)15-10-8-7-9-13(15)5/h1,7-10H2,2-6H3/b16-14+. The maximum Gasteiger partial charge on any atom is 0.0449 e. The van der Waals surface area contributed by atoms with Crippen molar-refractivity contribution in [3.8, 4) is 0 Å². The summed E-state index contributed by atoms with van der Waals surface area (Å²) >= 11 is 0. The Morgan fingerprint density at radius 2 is 1.65 bits per heavy atom. The summed E-state index contributed by atoms with van der Waals surface area (Å²) in [6.45, 7) is 14.7. The molecule has 0 spiro atoms. The molecular weight excluding hydrogens is 206 g/mol. The highest BCUT2D eigenvalue weighted by molar-refractivity contribution is 5.80. The molecule has 0 aromatic carbocycles. The second-order valence-corrected chi connectivity index (χ2v) is 5.27. The lowest BCUT2D eigenvalue weighted by Gasteiger charge is -2.22. The minimum absolute atomic E-state index is 1.11. The van der Waals surface area contributed by atoms with Crippen molar-refractivity contribution in [1.82, 2.24) is 0 Å². The fraction of sp³-hybridized carbons (Fsp3) is 0.562. The predicted molar refractivity (Wildman–Crippen MR) is 77.5 cm³/mol. The molecule has 0 aromatic heterocycles. The van der Waals surface area contributed by atoms with Gasteiger partial charge in [0.1, 0.15) is 0 Å². The maximum absolute atomic E-state index is 4.61. The third-order valence-corrected chi connectivity index (χ3v) is 3.23. The van der Waals surface area contributed by atoms with Crippen LogP contribution in [0.1, 0.15) is 60.3 Å². The molecule has 1 heteroatoms. The minimum atomic E-state index is 1.11. The molecule has 0 unspecified atom stereocenters. The van der Waals surface area contributed by atoms with Crippen molar-refractivity contribution in [1.29, 1.82) is 0 Å². The van der Waals surface area contributed by atoms with E-state index in [1.54, 1.807) is 0 Å². The van der Waals surface area contributed by atoms with Gasteiger partial charge in [0.05, 0.1) is 0 Å². The number of allylic oxidation sites excluding steroid dienone is 5. The first-order valence-corrected chi connectivity index (χ1v) is 6.51. The van der Waals surface area contributed by atoms with E-state index in [0.717, 1.165) is 17.0 Å². The third kappa shape index (κ3) is 3.69. The number of nitrogens with zero attached hydrogens (tertiary/aromatic N) is 1. The predicted octanol–water partition coefficient (Wildman–Crippen LogP) is 5.21. The Labute approximate surface area is 106 Å². The molecular formula is C16H25N. The van der Waals surface area contributed by atoms with E-state index in [1.165, 1.54) is 42.4 Å². The summed E-state index contributed by atoms with van der Waals surface area (Å²) in [6.07, 6.45) is 5.04. The van der Waals surface area contributed by atoms with E-state index in [-0.39, 0.29) is 0 Å². The van der Waals surface area contributed by atoms with E-state index in [1.807, 2.05) is 13.8 Å². The quantitative estimate of drug-likeness (QED) is 0.467. The van der Waals surface area contributed by atoms with E-state index in [9.17, 15) is 0 Å². The molecule has 0 heterocycles. The van der Waals surface area contributed by atoms with Gasteiger partial charge in [-0.3, -0.25) is 4.99 Å². The van der Waals surface area contributed by atoms with Gasteiger partial charge < -0.3 is 0 Å². The van der Waals surface area contributed by atoms with Crippen LogP contribution in [0.3, 0.4) is 0 Å². The van der Waals surface area contributed by atoms with Crippen LogP contribution in [0, 0.1) is 0 Å². The van der Waals surface area contributed by atoms with E-state index >= 15 is 0 Å². The van der Waals surface area contributed by atoms with Crippen molar-refractivity contribution < 1.29 is 0 Å². The maximum atomic E-state index is 4.61. The van der Waals surface area contributed by atoms with E-state index in [4.69, 9.17) is 0 Å². The molecule has 0 saturated heterocycles. The number of hydrogen-bond acceptors (Lipinski definition) is 1. The normalized spacial score (nSPS) is 17.7. The Balaban J connectivity index is 3.27. The fourth-order valence-corrected chi connectivity index (χ4v) is 2.57. The van der Waals surface area contributed by atoms with Gasteiger partial charge in [0.15, 0.2) is 0 Å². The summed E-state index contributed by atoms with van der Waals surface area (Å²) in [5, 5.41) is 0. The molecule has 1 aliphatic rings. The molecule has 1 nitrogen and oxygen atoms in total. The highest BCUT2D eigenvalue weighted by Gasteiger charge is 2.16. The monoisotopic (exact) mass is 231 g/mol. The van der Waals surface area contributed by atoms with Crippen molar-refractivity contribution in [3.63, 3.8) is 0 Å². The summed E-state index contributed by atoms with van der Waals surface area (Å²) in [4.78, 5) is 4.61. The van der Waals surface area contributed by atoms with Crippen LogP contribution in [-0.2, 0) is 0 Å². The lowest BCUT2D eigenvalue weighted by Crippen LogP contribution is -2.03. The molecule has 0 bridgehead atoms. The van der Waals surface area contributed by atoms with Crippen molar-refractivity contribution in [2.24, 2.45) is 4.99 Å². The zero-order chi connectivity index (χ0) is 13.0. The van der Waals surface area contributed by atoms with Gasteiger partial charge in [0.25, 0.3) is 0 Å². The lowest BCUT2D eigenvalue weighted by atomic mass is 9.85. The molecule has 17 heavy (non-hydrogen) atoms. The average molecular weight is 231 g/mol. The first-order valence-electron chi connectivity index (χ1n) is 6.51. The largest absolute Gasteiger partial charge is 0.263 e. The van der Waals surface area contributed by atoms with Crippen LogP contribution >= 0.6 is 0 Å². The summed E-state index contributed by atoms with van der Waals surface area (Å²) < 4.78 is 0. The first kappa shape index (κ1) is 14.0. The van der Waals surface area contributed by atoms with Crippen LogP contribution in [0.25, 0.3) is 0 Å². The minimum Gasteiger partial charge on any atom is -0.263 e. The van der Waals surface area contributed by atoms with E-state index in [2.05, 4.69) is 32.3 Å². The Kier molecular flexibility index (Phi) is 4.92. The molecule has 0 radical (unpaired) electrons. The van der Waals surface area contributed by atoms with Crippen LogP contribution < -0.4 is 0 Å². The van der Waals surface area contributed by atoms with Crippen molar-refractivity contribution in [3.05, 3.63) is 34.6 Å². The molecule has 0 amide bonds. The molecule has 0 aromatic rings. The molecule has 0 N–H and O–H groups in total. The fourth-order valence-electron chi connectivity index (χ4n) is 2.57. The molecule has 0 fully saturated rings. The van der Waals surface area contributed by atoms with Crippen molar-refractivity contribution in [2.45, 2.75) is 60.3 Å². The number of aliphatic imine (C=N–C) groups is 1. The Hall–Kier alpha value is -1.11. The SMILES string of the molecule is C=C(C)/C(C1=C(C)CCCC1)=C(/C)N=C(C)C.